The van der Waals surface area contributed by atoms with E-state index in [0.29, 0.717) is 5.92 Å². The van der Waals surface area contributed by atoms with Gasteiger partial charge in [0.05, 0.1) is 0 Å². The van der Waals surface area contributed by atoms with Gasteiger partial charge in [0.2, 0.25) is 0 Å². The van der Waals surface area contributed by atoms with Gasteiger partial charge in [0.25, 0.3) is 0 Å². The summed E-state index contributed by atoms with van der Waals surface area (Å²) in [5, 5.41) is 3.44. The Balaban J connectivity index is 2.15. The van der Waals surface area contributed by atoms with Crippen molar-refractivity contribution in [3.63, 3.8) is 0 Å². The normalized spacial score (nSPS) is 19.7. The molecule has 2 rings (SSSR count). The first-order chi connectivity index (χ1) is 7.68. The minimum Gasteiger partial charge on any atom is -0.317 e. The van der Waals surface area contributed by atoms with Crippen LogP contribution in [0.5, 0.6) is 0 Å². The van der Waals surface area contributed by atoms with Crippen molar-refractivity contribution in [2.24, 2.45) is 5.92 Å². The summed E-state index contributed by atoms with van der Waals surface area (Å²) in [6.07, 6.45) is 2.66. The van der Waals surface area contributed by atoms with Crippen LogP contribution in [-0.4, -0.2) is 13.1 Å². The number of rotatable bonds is 2. The number of benzene rings is 1. The lowest BCUT2D eigenvalue weighted by Crippen LogP contribution is -2.30. The first-order valence-electron chi connectivity index (χ1n) is 6.46. The largest absolute Gasteiger partial charge is 0.317 e. The average molecular weight is 217 g/mol. The van der Waals surface area contributed by atoms with Crippen LogP contribution in [0.1, 0.15) is 42.4 Å². The molecule has 1 aromatic rings. The van der Waals surface area contributed by atoms with Gasteiger partial charge in [0.1, 0.15) is 0 Å². The van der Waals surface area contributed by atoms with E-state index in [9.17, 15) is 0 Å². The molecule has 0 aromatic heterocycles. The second kappa shape index (κ2) is 5.01. The van der Waals surface area contributed by atoms with Crippen molar-refractivity contribution < 1.29 is 0 Å². The van der Waals surface area contributed by atoms with Gasteiger partial charge in [-0.3, -0.25) is 0 Å². The van der Waals surface area contributed by atoms with E-state index < -0.39 is 0 Å². The lowest BCUT2D eigenvalue weighted by atomic mass is 9.80. The van der Waals surface area contributed by atoms with E-state index in [2.05, 4.69) is 44.3 Å². The van der Waals surface area contributed by atoms with Crippen LogP contribution >= 0.6 is 0 Å². The van der Waals surface area contributed by atoms with Crippen LogP contribution in [0.3, 0.4) is 0 Å². The van der Waals surface area contributed by atoms with E-state index in [1.165, 1.54) is 37.1 Å². The highest BCUT2D eigenvalue weighted by molar-refractivity contribution is 5.33. The molecule has 0 amide bonds. The molecule has 1 heterocycles. The topological polar surface area (TPSA) is 12.0 Å². The number of nitrogens with one attached hydrogen (secondary N) is 1. The standard InChI is InChI=1S/C15H23N/c1-11-4-5-15(12(2)10-11)13(3)14-6-8-16-9-7-14/h4-5,10,13-14,16H,6-9H2,1-3H3. The second-order valence-corrected chi connectivity index (χ2v) is 5.24. The summed E-state index contributed by atoms with van der Waals surface area (Å²) >= 11 is 0. The van der Waals surface area contributed by atoms with Gasteiger partial charge in [-0.15, -0.1) is 0 Å². The summed E-state index contributed by atoms with van der Waals surface area (Å²) in [7, 11) is 0. The molecule has 1 unspecified atom stereocenters. The third-order valence-electron chi connectivity index (χ3n) is 4.01. The Labute approximate surface area is 99.3 Å². The molecule has 1 nitrogen and oxygen atoms in total. The van der Waals surface area contributed by atoms with Crippen LogP contribution in [0.2, 0.25) is 0 Å². The smallest absolute Gasteiger partial charge is 0.00461 e. The maximum atomic E-state index is 3.44. The van der Waals surface area contributed by atoms with E-state index in [-0.39, 0.29) is 0 Å². The molecule has 1 aliphatic rings. The Hall–Kier alpha value is -0.820. The molecule has 0 radical (unpaired) electrons. The number of hydrogen-bond donors (Lipinski definition) is 1. The summed E-state index contributed by atoms with van der Waals surface area (Å²) in [5.41, 5.74) is 4.39. The lowest BCUT2D eigenvalue weighted by Gasteiger charge is -2.29. The summed E-state index contributed by atoms with van der Waals surface area (Å²) in [6.45, 7) is 9.21. The van der Waals surface area contributed by atoms with Crippen LogP contribution in [0, 0.1) is 19.8 Å². The number of piperidine rings is 1. The van der Waals surface area contributed by atoms with Gasteiger partial charge >= 0.3 is 0 Å². The first kappa shape index (κ1) is 11.7. The highest BCUT2D eigenvalue weighted by Crippen LogP contribution is 2.32. The lowest BCUT2D eigenvalue weighted by molar-refractivity contribution is 0.330. The molecule has 16 heavy (non-hydrogen) atoms. The fraction of sp³-hybridized carbons (Fsp3) is 0.600. The molecule has 1 heteroatoms. The quantitative estimate of drug-likeness (QED) is 0.800. The Bertz CT molecular complexity index is 350. The van der Waals surface area contributed by atoms with Gasteiger partial charge in [-0.1, -0.05) is 30.7 Å². The molecule has 1 fully saturated rings. The molecule has 1 saturated heterocycles. The highest BCUT2D eigenvalue weighted by Gasteiger charge is 2.21. The summed E-state index contributed by atoms with van der Waals surface area (Å²) in [5.74, 6) is 1.57. The maximum absolute atomic E-state index is 3.44. The Morgan fingerprint density at radius 2 is 1.88 bits per heavy atom. The van der Waals surface area contributed by atoms with Crippen LogP contribution in [0.25, 0.3) is 0 Å². The van der Waals surface area contributed by atoms with Crippen molar-refractivity contribution in [1.82, 2.24) is 5.32 Å². The highest BCUT2D eigenvalue weighted by atomic mass is 14.9. The summed E-state index contributed by atoms with van der Waals surface area (Å²) in [4.78, 5) is 0. The number of aryl methyl sites for hydroxylation is 2. The zero-order chi connectivity index (χ0) is 11.5. The van der Waals surface area contributed by atoms with E-state index >= 15 is 0 Å². The fourth-order valence-corrected chi connectivity index (χ4v) is 2.93. The molecule has 88 valence electrons. The van der Waals surface area contributed by atoms with Gasteiger partial charge in [0.15, 0.2) is 0 Å². The van der Waals surface area contributed by atoms with Crippen molar-refractivity contribution in [3.8, 4) is 0 Å². The Morgan fingerprint density at radius 3 is 2.50 bits per heavy atom. The van der Waals surface area contributed by atoms with Crippen molar-refractivity contribution >= 4 is 0 Å². The molecular formula is C15H23N. The molecular weight excluding hydrogens is 194 g/mol. The predicted octanol–water partition coefficient (Wildman–Crippen LogP) is 3.41. The van der Waals surface area contributed by atoms with Crippen LogP contribution < -0.4 is 5.32 Å². The zero-order valence-corrected chi connectivity index (χ0v) is 10.7. The molecule has 1 atom stereocenters. The van der Waals surface area contributed by atoms with E-state index in [4.69, 9.17) is 0 Å². The Kier molecular flexibility index (Phi) is 3.65. The third-order valence-corrected chi connectivity index (χ3v) is 4.01. The second-order valence-electron chi connectivity index (χ2n) is 5.24. The molecule has 0 spiro atoms. The molecule has 0 aliphatic carbocycles. The SMILES string of the molecule is Cc1ccc(C(C)C2CCNCC2)c(C)c1. The van der Waals surface area contributed by atoms with Crippen molar-refractivity contribution in [2.45, 2.75) is 39.5 Å². The van der Waals surface area contributed by atoms with Gasteiger partial charge in [0, 0.05) is 0 Å². The fourth-order valence-electron chi connectivity index (χ4n) is 2.93. The third kappa shape index (κ3) is 2.46. The first-order valence-corrected chi connectivity index (χ1v) is 6.46. The van der Waals surface area contributed by atoms with Gasteiger partial charge in [-0.2, -0.15) is 0 Å². The summed E-state index contributed by atoms with van der Waals surface area (Å²) < 4.78 is 0. The average Bonchev–Trinajstić information content (AvgIpc) is 2.29. The van der Waals surface area contributed by atoms with Gasteiger partial charge in [-0.05, 0) is 62.7 Å². The van der Waals surface area contributed by atoms with Crippen molar-refractivity contribution in [2.75, 3.05) is 13.1 Å². The minimum atomic E-state index is 0.711. The van der Waals surface area contributed by atoms with Crippen LogP contribution in [0.4, 0.5) is 0 Å². The van der Waals surface area contributed by atoms with E-state index in [1.807, 2.05) is 0 Å². The molecule has 1 aromatic carbocycles. The number of hydrogen-bond acceptors (Lipinski definition) is 1. The van der Waals surface area contributed by atoms with Gasteiger partial charge in [-0.25, -0.2) is 0 Å². The van der Waals surface area contributed by atoms with Crippen LogP contribution in [-0.2, 0) is 0 Å². The molecule has 0 saturated carbocycles. The molecule has 0 bridgehead atoms. The maximum Gasteiger partial charge on any atom is -0.00461 e. The molecule has 1 N–H and O–H groups in total. The minimum absolute atomic E-state index is 0.711. The predicted molar refractivity (Wildman–Crippen MR) is 69.9 cm³/mol. The van der Waals surface area contributed by atoms with E-state index in [0.717, 1.165) is 5.92 Å². The monoisotopic (exact) mass is 217 g/mol. The van der Waals surface area contributed by atoms with E-state index in [1.54, 1.807) is 5.56 Å². The van der Waals surface area contributed by atoms with Crippen LogP contribution in [0.15, 0.2) is 18.2 Å². The molecule has 1 aliphatic heterocycles. The Morgan fingerprint density at radius 1 is 1.19 bits per heavy atom. The van der Waals surface area contributed by atoms with Gasteiger partial charge < -0.3 is 5.32 Å². The zero-order valence-electron chi connectivity index (χ0n) is 10.7. The summed E-state index contributed by atoms with van der Waals surface area (Å²) in [6, 6.07) is 6.89. The van der Waals surface area contributed by atoms with Crippen molar-refractivity contribution in [1.29, 1.82) is 0 Å². The van der Waals surface area contributed by atoms with Crippen molar-refractivity contribution in [3.05, 3.63) is 34.9 Å².